The van der Waals surface area contributed by atoms with Crippen LogP contribution in [0.1, 0.15) is 42.5 Å². The highest BCUT2D eigenvalue weighted by atomic mass is 16.5. The Morgan fingerprint density at radius 2 is 2.05 bits per heavy atom. The second-order valence-corrected chi connectivity index (χ2v) is 5.35. The van der Waals surface area contributed by atoms with Crippen molar-refractivity contribution in [2.45, 2.75) is 32.1 Å². The van der Waals surface area contributed by atoms with Gasteiger partial charge in [0.2, 0.25) is 0 Å². The van der Waals surface area contributed by atoms with E-state index in [0.717, 1.165) is 19.3 Å². The van der Waals surface area contributed by atoms with Crippen molar-refractivity contribution in [2.75, 3.05) is 7.11 Å². The first-order chi connectivity index (χ1) is 9.61. The van der Waals surface area contributed by atoms with Crippen molar-refractivity contribution in [3.05, 3.63) is 29.8 Å². The van der Waals surface area contributed by atoms with Gasteiger partial charge < -0.3 is 9.84 Å². The van der Waals surface area contributed by atoms with Crippen molar-refractivity contribution in [1.82, 2.24) is 0 Å². The van der Waals surface area contributed by atoms with E-state index in [-0.39, 0.29) is 17.6 Å². The van der Waals surface area contributed by atoms with Gasteiger partial charge in [-0.25, -0.2) is 0 Å². The number of benzene rings is 1. The second kappa shape index (κ2) is 6.55. The maximum absolute atomic E-state index is 12.3. The molecule has 0 aromatic heterocycles. The van der Waals surface area contributed by atoms with E-state index in [1.165, 1.54) is 0 Å². The van der Waals surface area contributed by atoms with E-state index in [1.54, 1.807) is 31.4 Å². The first kappa shape index (κ1) is 14.6. The second-order valence-electron chi connectivity index (χ2n) is 5.35. The molecule has 0 amide bonds. The van der Waals surface area contributed by atoms with Gasteiger partial charge in [-0.1, -0.05) is 25.0 Å². The summed E-state index contributed by atoms with van der Waals surface area (Å²) in [5, 5.41) is 9.24. The van der Waals surface area contributed by atoms with Crippen molar-refractivity contribution >= 4 is 11.8 Å². The molecule has 1 fully saturated rings. The van der Waals surface area contributed by atoms with Crippen LogP contribution in [-0.4, -0.2) is 24.0 Å². The van der Waals surface area contributed by atoms with Gasteiger partial charge in [-0.3, -0.25) is 9.59 Å². The highest BCUT2D eigenvalue weighted by molar-refractivity contribution is 5.96. The van der Waals surface area contributed by atoms with Crippen molar-refractivity contribution < 1.29 is 19.4 Å². The highest BCUT2D eigenvalue weighted by Crippen LogP contribution is 2.33. The number of methoxy groups -OCH3 is 1. The van der Waals surface area contributed by atoms with E-state index < -0.39 is 5.97 Å². The Bertz CT molecular complexity index is 495. The lowest BCUT2D eigenvalue weighted by molar-refractivity contribution is -0.144. The lowest BCUT2D eigenvalue weighted by Gasteiger charge is -2.27. The summed E-state index contributed by atoms with van der Waals surface area (Å²) in [7, 11) is 1.56. The van der Waals surface area contributed by atoms with E-state index >= 15 is 0 Å². The van der Waals surface area contributed by atoms with Gasteiger partial charge in [0.15, 0.2) is 5.78 Å². The number of carbonyl (C=O) groups is 2. The summed E-state index contributed by atoms with van der Waals surface area (Å²) in [4.78, 5) is 23.6. The van der Waals surface area contributed by atoms with E-state index in [0.29, 0.717) is 24.2 Å². The van der Waals surface area contributed by atoms with E-state index in [1.807, 2.05) is 0 Å². The van der Waals surface area contributed by atoms with Crippen LogP contribution in [-0.2, 0) is 4.79 Å². The van der Waals surface area contributed by atoms with Gasteiger partial charge in [-0.15, -0.1) is 0 Å². The van der Waals surface area contributed by atoms with Crippen LogP contribution >= 0.6 is 0 Å². The van der Waals surface area contributed by atoms with Crippen molar-refractivity contribution in [3.63, 3.8) is 0 Å². The van der Waals surface area contributed by atoms with Crippen LogP contribution in [0.25, 0.3) is 0 Å². The number of rotatable bonds is 5. The zero-order valence-corrected chi connectivity index (χ0v) is 11.7. The van der Waals surface area contributed by atoms with Gasteiger partial charge in [0, 0.05) is 12.0 Å². The van der Waals surface area contributed by atoms with Gasteiger partial charge in [-0.2, -0.15) is 0 Å². The molecule has 0 saturated heterocycles. The molecule has 0 radical (unpaired) electrons. The third kappa shape index (κ3) is 3.38. The molecule has 1 aromatic rings. The number of carboxylic acids is 1. The summed E-state index contributed by atoms with van der Waals surface area (Å²) in [5.74, 6) is -0.539. The number of ether oxygens (including phenoxy) is 1. The van der Waals surface area contributed by atoms with Crippen LogP contribution in [0.3, 0.4) is 0 Å². The fraction of sp³-hybridized carbons (Fsp3) is 0.500. The van der Waals surface area contributed by atoms with Gasteiger partial charge in [0.25, 0.3) is 0 Å². The average molecular weight is 276 g/mol. The van der Waals surface area contributed by atoms with Crippen molar-refractivity contribution in [3.8, 4) is 5.75 Å². The Morgan fingerprint density at radius 1 is 1.30 bits per heavy atom. The van der Waals surface area contributed by atoms with E-state index in [4.69, 9.17) is 4.74 Å². The largest absolute Gasteiger partial charge is 0.497 e. The summed E-state index contributed by atoms with van der Waals surface area (Å²) in [6, 6.07) is 7.03. The lowest BCUT2D eigenvalue weighted by atomic mass is 9.76. The van der Waals surface area contributed by atoms with Crippen LogP contribution in [0.15, 0.2) is 24.3 Å². The molecule has 0 spiro atoms. The number of hydrogen-bond donors (Lipinski definition) is 1. The van der Waals surface area contributed by atoms with E-state index in [2.05, 4.69) is 0 Å². The molecule has 0 unspecified atom stereocenters. The maximum atomic E-state index is 12.3. The Hall–Kier alpha value is -1.84. The van der Waals surface area contributed by atoms with Crippen molar-refractivity contribution in [1.29, 1.82) is 0 Å². The summed E-state index contributed by atoms with van der Waals surface area (Å²) < 4.78 is 5.11. The molecule has 1 N–H and O–H groups in total. The zero-order chi connectivity index (χ0) is 14.5. The Labute approximate surface area is 118 Å². The Morgan fingerprint density at radius 3 is 2.75 bits per heavy atom. The molecular weight excluding hydrogens is 256 g/mol. The predicted molar refractivity (Wildman–Crippen MR) is 75.0 cm³/mol. The minimum absolute atomic E-state index is 0.00190. The average Bonchev–Trinajstić information content (AvgIpc) is 2.47. The van der Waals surface area contributed by atoms with Crippen LogP contribution in [0.4, 0.5) is 0 Å². The smallest absolute Gasteiger partial charge is 0.306 e. The molecule has 0 heterocycles. The quantitative estimate of drug-likeness (QED) is 0.839. The number of carbonyl (C=O) groups excluding carboxylic acids is 1. The number of hydrogen-bond acceptors (Lipinski definition) is 3. The first-order valence-corrected chi connectivity index (χ1v) is 7.02. The monoisotopic (exact) mass is 276 g/mol. The van der Waals surface area contributed by atoms with Crippen molar-refractivity contribution in [2.24, 2.45) is 11.8 Å². The minimum Gasteiger partial charge on any atom is -0.497 e. The number of Topliss-reactive ketones (excluding diaryl/α,β-unsaturated/α-hetero) is 1. The topological polar surface area (TPSA) is 63.6 Å². The minimum atomic E-state index is -0.770. The fourth-order valence-electron chi connectivity index (χ4n) is 2.93. The molecular formula is C16H20O4. The number of ketones is 1. The molecule has 4 nitrogen and oxygen atoms in total. The first-order valence-electron chi connectivity index (χ1n) is 7.02. The molecule has 1 aliphatic carbocycles. The standard InChI is InChI=1S/C16H20O4/c1-20-13-7-4-6-12(9-13)15(17)10-11-5-2-3-8-14(11)16(18)19/h4,6-7,9,11,14H,2-3,5,8,10H2,1H3,(H,18,19)/t11-,14-/m1/s1. The molecule has 2 atom stereocenters. The third-order valence-corrected chi connectivity index (χ3v) is 4.07. The van der Waals surface area contributed by atoms with Crippen LogP contribution in [0, 0.1) is 11.8 Å². The molecule has 108 valence electrons. The van der Waals surface area contributed by atoms with Gasteiger partial charge >= 0.3 is 5.97 Å². The molecule has 0 bridgehead atoms. The van der Waals surface area contributed by atoms with Crippen LogP contribution < -0.4 is 4.74 Å². The number of aliphatic carboxylic acids is 1. The predicted octanol–water partition coefficient (Wildman–Crippen LogP) is 3.16. The SMILES string of the molecule is COc1cccc(C(=O)C[C@H]2CCCC[C@H]2C(=O)O)c1. The molecule has 4 heteroatoms. The molecule has 1 aliphatic rings. The molecule has 1 saturated carbocycles. The maximum Gasteiger partial charge on any atom is 0.306 e. The lowest BCUT2D eigenvalue weighted by Crippen LogP contribution is -2.28. The summed E-state index contributed by atoms with van der Waals surface area (Å²) in [5.41, 5.74) is 0.596. The normalized spacial score (nSPS) is 22.2. The fourth-order valence-corrected chi connectivity index (χ4v) is 2.93. The summed E-state index contributed by atoms with van der Waals surface area (Å²) in [6.45, 7) is 0. The Kier molecular flexibility index (Phi) is 4.77. The van der Waals surface area contributed by atoms with Gasteiger partial charge in [0.1, 0.15) is 5.75 Å². The van der Waals surface area contributed by atoms with E-state index in [9.17, 15) is 14.7 Å². The number of carboxylic acid groups (broad SMARTS) is 1. The van der Waals surface area contributed by atoms with Crippen LogP contribution in [0.2, 0.25) is 0 Å². The molecule has 1 aromatic carbocycles. The van der Waals surface area contributed by atoms with Gasteiger partial charge in [-0.05, 0) is 30.9 Å². The van der Waals surface area contributed by atoms with Crippen LogP contribution in [0.5, 0.6) is 5.75 Å². The highest BCUT2D eigenvalue weighted by Gasteiger charge is 2.32. The van der Waals surface area contributed by atoms with Gasteiger partial charge in [0.05, 0.1) is 13.0 Å². The summed E-state index contributed by atoms with van der Waals surface area (Å²) in [6.07, 6.45) is 3.78. The molecule has 20 heavy (non-hydrogen) atoms. The molecule has 0 aliphatic heterocycles. The Balaban J connectivity index is 2.07. The molecule has 2 rings (SSSR count). The summed E-state index contributed by atoms with van der Waals surface area (Å²) >= 11 is 0. The zero-order valence-electron chi connectivity index (χ0n) is 11.7. The third-order valence-electron chi connectivity index (χ3n) is 4.07.